The molecular formula is C7H5F3N2O2. The summed E-state index contributed by atoms with van der Waals surface area (Å²) in [4.78, 5) is 23.3. The van der Waals surface area contributed by atoms with Crippen molar-refractivity contribution in [2.45, 2.75) is 6.43 Å². The van der Waals surface area contributed by atoms with Gasteiger partial charge in [-0.15, -0.1) is 0 Å². The molecule has 14 heavy (non-hydrogen) atoms. The summed E-state index contributed by atoms with van der Waals surface area (Å²) in [6, 6.07) is 0. The molecule has 1 heterocycles. The minimum atomic E-state index is -3.09. The van der Waals surface area contributed by atoms with Crippen molar-refractivity contribution in [3.8, 4) is 0 Å². The van der Waals surface area contributed by atoms with E-state index in [9.17, 15) is 22.8 Å². The number of rotatable bonds is 2. The first-order valence-corrected chi connectivity index (χ1v) is 3.44. The standard InChI is InChI=1S/C7H5F3N2O2/c8-2-1-12-4(6(9)10)3(5(2)13)7(11)14/h1,6H,(H2,11,14)(H,12,13). The zero-order valence-electron chi connectivity index (χ0n) is 6.68. The first-order chi connectivity index (χ1) is 6.45. The van der Waals surface area contributed by atoms with Gasteiger partial charge in [-0.3, -0.25) is 9.59 Å². The van der Waals surface area contributed by atoms with Gasteiger partial charge in [0.1, 0.15) is 5.56 Å². The molecule has 0 radical (unpaired) electrons. The predicted molar refractivity (Wildman–Crippen MR) is 40.5 cm³/mol. The van der Waals surface area contributed by atoms with E-state index in [2.05, 4.69) is 5.73 Å². The average molecular weight is 206 g/mol. The highest BCUT2D eigenvalue weighted by molar-refractivity contribution is 5.93. The minimum Gasteiger partial charge on any atom is -0.365 e. The van der Waals surface area contributed by atoms with Crippen molar-refractivity contribution in [3.05, 3.63) is 33.5 Å². The maximum Gasteiger partial charge on any atom is 0.279 e. The highest BCUT2D eigenvalue weighted by Gasteiger charge is 2.22. The molecule has 0 unspecified atom stereocenters. The van der Waals surface area contributed by atoms with Crippen molar-refractivity contribution < 1.29 is 18.0 Å². The van der Waals surface area contributed by atoms with Gasteiger partial charge in [0.05, 0.1) is 5.69 Å². The zero-order chi connectivity index (χ0) is 10.9. The number of aromatic nitrogens is 1. The molecule has 0 bridgehead atoms. The second-order valence-corrected chi connectivity index (χ2v) is 2.42. The molecule has 0 aliphatic carbocycles. The number of amides is 1. The Balaban J connectivity index is 3.54. The number of aromatic amines is 1. The van der Waals surface area contributed by atoms with Gasteiger partial charge in [-0.1, -0.05) is 0 Å². The molecule has 1 amide bonds. The summed E-state index contributed by atoms with van der Waals surface area (Å²) in [5, 5.41) is 0. The van der Waals surface area contributed by atoms with Gasteiger partial charge in [0.25, 0.3) is 12.3 Å². The van der Waals surface area contributed by atoms with Crippen LogP contribution >= 0.6 is 0 Å². The Hall–Kier alpha value is -1.79. The number of hydrogen-bond donors (Lipinski definition) is 2. The number of nitrogens with two attached hydrogens (primary N) is 1. The van der Waals surface area contributed by atoms with Gasteiger partial charge >= 0.3 is 0 Å². The smallest absolute Gasteiger partial charge is 0.279 e. The number of carbonyl (C=O) groups is 1. The first kappa shape index (κ1) is 10.3. The lowest BCUT2D eigenvalue weighted by atomic mass is 10.2. The van der Waals surface area contributed by atoms with Crippen LogP contribution in [0.1, 0.15) is 22.5 Å². The van der Waals surface area contributed by atoms with Crippen LogP contribution in [0.4, 0.5) is 13.2 Å². The quantitative estimate of drug-likeness (QED) is 0.741. The number of hydrogen-bond acceptors (Lipinski definition) is 2. The molecule has 0 spiro atoms. The van der Waals surface area contributed by atoms with Crippen molar-refractivity contribution in [2.75, 3.05) is 0 Å². The van der Waals surface area contributed by atoms with Crippen LogP contribution in [0, 0.1) is 5.82 Å². The predicted octanol–water partition coefficient (Wildman–Crippen LogP) is 0.550. The van der Waals surface area contributed by atoms with E-state index in [1.165, 1.54) is 0 Å². The van der Waals surface area contributed by atoms with Crippen molar-refractivity contribution >= 4 is 5.91 Å². The van der Waals surface area contributed by atoms with Crippen LogP contribution in [0.25, 0.3) is 0 Å². The van der Waals surface area contributed by atoms with Gasteiger partial charge in [0, 0.05) is 6.20 Å². The van der Waals surface area contributed by atoms with E-state index in [-0.39, 0.29) is 0 Å². The van der Waals surface area contributed by atoms with E-state index in [1.807, 2.05) is 0 Å². The van der Waals surface area contributed by atoms with Crippen molar-refractivity contribution in [1.29, 1.82) is 0 Å². The van der Waals surface area contributed by atoms with Gasteiger partial charge in [-0.25, -0.2) is 13.2 Å². The van der Waals surface area contributed by atoms with Crippen molar-refractivity contribution in [2.24, 2.45) is 5.73 Å². The van der Waals surface area contributed by atoms with Gasteiger partial charge in [0.15, 0.2) is 5.82 Å². The second kappa shape index (κ2) is 3.52. The van der Waals surface area contributed by atoms with Crippen molar-refractivity contribution in [3.63, 3.8) is 0 Å². The number of pyridine rings is 1. The van der Waals surface area contributed by atoms with Gasteiger partial charge in [-0.2, -0.15) is 0 Å². The Morgan fingerprint density at radius 3 is 2.50 bits per heavy atom. The zero-order valence-corrected chi connectivity index (χ0v) is 6.68. The summed E-state index contributed by atoms with van der Waals surface area (Å²) in [6.45, 7) is 0. The Labute approximate surface area is 75.5 Å². The summed E-state index contributed by atoms with van der Waals surface area (Å²) < 4.78 is 37.0. The Morgan fingerprint density at radius 1 is 1.50 bits per heavy atom. The van der Waals surface area contributed by atoms with Gasteiger partial charge in [0.2, 0.25) is 5.43 Å². The Kier molecular flexibility index (Phi) is 2.59. The van der Waals surface area contributed by atoms with Crippen LogP contribution in [-0.2, 0) is 0 Å². The minimum absolute atomic E-state index is 0.455. The molecule has 0 aliphatic heterocycles. The highest BCUT2D eigenvalue weighted by Crippen LogP contribution is 2.17. The van der Waals surface area contributed by atoms with Crippen molar-refractivity contribution in [1.82, 2.24) is 4.98 Å². The normalized spacial score (nSPS) is 10.6. The fourth-order valence-corrected chi connectivity index (χ4v) is 0.937. The molecule has 7 heteroatoms. The summed E-state index contributed by atoms with van der Waals surface area (Å²) in [5.41, 5.74) is 1.23. The number of halogens is 3. The van der Waals surface area contributed by atoms with E-state index >= 15 is 0 Å². The number of H-pyrrole nitrogens is 1. The first-order valence-electron chi connectivity index (χ1n) is 3.44. The third kappa shape index (κ3) is 1.61. The third-order valence-corrected chi connectivity index (χ3v) is 1.53. The molecule has 1 rings (SSSR count). The number of primary amides is 1. The molecule has 0 aliphatic rings. The third-order valence-electron chi connectivity index (χ3n) is 1.53. The van der Waals surface area contributed by atoms with E-state index in [0.29, 0.717) is 6.20 Å². The topological polar surface area (TPSA) is 76.0 Å². The van der Waals surface area contributed by atoms with Crippen LogP contribution in [0.15, 0.2) is 11.0 Å². The molecular weight excluding hydrogens is 201 g/mol. The maximum absolute atomic E-state index is 12.6. The summed E-state index contributed by atoms with van der Waals surface area (Å²) in [7, 11) is 0. The SMILES string of the molecule is NC(=O)c1c(C(F)F)[nH]cc(F)c1=O. The molecule has 3 N–H and O–H groups in total. The second-order valence-electron chi connectivity index (χ2n) is 2.42. The lowest BCUT2D eigenvalue weighted by Gasteiger charge is -2.04. The van der Waals surface area contributed by atoms with Crippen LogP contribution in [-0.4, -0.2) is 10.9 Å². The summed E-state index contributed by atoms with van der Waals surface area (Å²) >= 11 is 0. The van der Waals surface area contributed by atoms with Gasteiger partial charge < -0.3 is 10.7 Å². The Morgan fingerprint density at radius 2 is 2.07 bits per heavy atom. The molecule has 1 aromatic heterocycles. The summed E-state index contributed by atoms with van der Waals surface area (Å²) in [6.07, 6.45) is -2.64. The molecule has 0 atom stereocenters. The fourth-order valence-electron chi connectivity index (χ4n) is 0.937. The van der Waals surface area contributed by atoms with E-state index < -0.39 is 34.8 Å². The molecule has 4 nitrogen and oxygen atoms in total. The molecule has 0 fully saturated rings. The number of carbonyl (C=O) groups excluding carboxylic acids is 1. The van der Waals surface area contributed by atoms with Crippen LogP contribution in [0.5, 0.6) is 0 Å². The Bertz CT molecular complexity index is 427. The number of nitrogens with one attached hydrogen (secondary N) is 1. The lowest BCUT2D eigenvalue weighted by molar-refractivity contribution is 0.0980. The van der Waals surface area contributed by atoms with E-state index in [4.69, 9.17) is 0 Å². The number of alkyl halides is 2. The van der Waals surface area contributed by atoms with Crippen LogP contribution in [0.3, 0.4) is 0 Å². The van der Waals surface area contributed by atoms with Crippen LogP contribution < -0.4 is 11.2 Å². The summed E-state index contributed by atoms with van der Waals surface area (Å²) in [5.74, 6) is -2.72. The molecule has 0 saturated heterocycles. The van der Waals surface area contributed by atoms with Crippen LogP contribution in [0.2, 0.25) is 0 Å². The molecule has 0 aromatic carbocycles. The molecule has 0 saturated carbocycles. The monoisotopic (exact) mass is 206 g/mol. The molecule has 1 aromatic rings. The lowest BCUT2D eigenvalue weighted by Crippen LogP contribution is -2.27. The van der Waals surface area contributed by atoms with E-state index in [0.717, 1.165) is 0 Å². The largest absolute Gasteiger partial charge is 0.365 e. The average Bonchev–Trinajstić information content (AvgIpc) is 2.08. The van der Waals surface area contributed by atoms with Gasteiger partial charge in [-0.05, 0) is 0 Å². The maximum atomic E-state index is 12.6. The highest BCUT2D eigenvalue weighted by atomic mass is 19.3. The molecule has 76 valence electrons. The fraction of sp³-hybridized carbons (Fsp3) is 0.143. The van der Waals surface area contributed by atoms with E-state index in [1.54, 1.807) is 4.98 Å².